The zero-order chi connectivity index (χ0) is 26.9. The molecule has 0 bridgehead atoms. The maximum Gasteiger partial charge on any atom is 0.185 e. The standard InChI is InChI=1S/C30H39ClN2O2S2/c1-19(2)23-16-27(20(3)4)29(28(17-23)21(5)6)37(34,35)26-11-13-33(14-12-26)30-32-25(18-36-30)15-22-7-9-24(31)10-8-22/h7-10,16-21,26H,11-15H2,1-6H3. The lowest BCUT2D eigenvalue weighted by Gasteiger charge is -2.33. The average Bonchev–Trinajstić information content (AvgIpc) is 3.33. The Morgan fingerprint density at radius 3 is 2.03 bits per heavy atom. The summed E-state index contributed by atoms with van der Waals surface area (Å²) >= 11 is 7.65. The second-order valence-electron chi connectivity index (χ2n) is 11.1. The third-order valence-electron chi connectivity index (χ3n) is 7.35. The number of sulfone groups is 1. The predicted octanol–water partition coefficient (Wildman–Crippen LogP) is 8.20. The first-order chi connectivity index (χ1) is 17.5. The summed E-state index contributed by atoms with van der Waals surface area (Å²) in [5.41, 5.74) is 5.38. The monoisotopic (exact) mass is 558 g/mol. The lowest BCUT2D eigenvalue weighted by Crippen LogP contribution is -2.40. The van der Waals surface area contributed by atoms with E-state index in [0.29, 0.717) is 36.7 Å². The molecule has 3 aromatic rings. The number of thiazole rings is 1. The minimum atomic E-state index is -3.45. The number of benzene rings is 2. The van der Waals surface area contributed by atoms with Gasteiger partial charge in [-0.1, -0.05) is 77.4 Å². The fraction of sp³-hybridized carbons (Fsp3) is 0.500. The van der Waals surface area contributed by atoms with E-state index in [4.69, 9.17) is 16.6 Å². The van der Waals surface area contributed by atoms with Gasteiger partial charge in [0.15, 0.2) is 15.0 Å². The second kappa shape index (κ2) is 11.5. The van der Waals surface area contributed by atoms with Gasteiger partial charge in [0.1, 0.15) is 0 Å². The van der Waals surface area contributed by atoms with E-state index in [1.807, 2.05) is 24.3 Å². The van der Waals surface area contributed by atoms with Crippen molar-refractivity contribution < 1.29 is 8.42 Å². The molecule has 1 aliphatic heterocycles. The van der Waals surface area contributed by atoms with Gasteiger partial charge in [0, 0.05) is 29.9 Å². The lowest BCUT2D eigenvalue weighted by molar-refractivity contribution is 0.526. The molecule has 37 heavy (non-hydrogen) atoms. The molecule has 0 N–H and O–H groups in total. The minimum Gasteiger partial charge on any atom is -0.348 e. The minimum absolute atomic E-state index is 0.149. The van der Waals surface area contributed by atoms with Gasteiger partial charge >= 0.3 is 0 Å². The molecule has 1 fully saturated rings. The Bertz CT molecular complexity index is 1290. The van der Waals surface area contributed by atoms with Crippen molar-refractivity contribution >= 4 is 37.9 Å². The van der Waals surface area contributed by atoms with Crippen molar-refractivity contribution in [2.24, 2.45) is 0 Å². The fourth-order valence-electron chi connectivity index (χ4n) is 5.08. The maximum atomic E-state index is 14.2. The third kappa shape index (κ3) is 6.23. The topological polar surface area (TPSA) is 50.3 Å². The number of hydrogen-bond donors (Lipinski definition) is 0. The largest absolute Gasteiger partial charge is 0.348 e. The van der Waals surface area contributed by atoms with E-state index in [1.165, 1.54) is 11.1 Å². The second-order valence-corrected chi connectivity index (χ2v) is 14.6. The van der Waals surface area contributed by atoms with Crippen molar-refractivity contribution in [2.75, 3.05) is 18.0 Å². The first-order valence-electron chi connectivity index (χ1n) is 13.3. The predicted molar refractivity (Wildman–Crippen MR) is 158 cm³/mol. The molecule has 1 aromatic heterocycles. The van der Waals surface area contributed by atoms with Crippen molar-refractivity contribution in [3.8, 4) is 0 Å². The summed E-state index contributed by atoms with van der Waals surface area (Å²) in [4.78, 5) is 7.70. The number of aromatic nitrogens is 1. The quantitative estimate of drug-likeness (QED) is 0.279. The molecule has 0 unspecified atom stereocenters. The Balaban J connectivity index is 1.53. The van der Waals surface area contributed by atoms with Gasteiger partial charge in [0.05, 0.1) is 15.8 Å². The Kier molecular flexibility index (Phi) is 8.72. The molecule has 0 radical (unpaired) electrons. The van der Waals surface area contributed by atoms with E-state index >= 15 is 0 Å². The number of anilines is 1. The lowest BCUT2D eigenvalue weighted by atomic mass is 9.89. The van der Waals surface area contributed by atoms with Gasteiger partial charge in [0.2, 0.25) is 0 Å². The molecule has 0 saturated carbocycles. The van der Waals surface area contributed by atoms with Crippen molar-refractivity contribution in [3.63, 3.8) is 0 Å². The summed E-state index contributed by atoms with van der Waals surface area (Å²) in [6, 6.07) is 12.1. The van der Waals surface area contributed by atoms with E-state index in [9.17, 15) is 8.42 Å². The molecule has 2 heterocycles. The average molecular weight is 559 g/mol. The number of piperidine rings is 1. The van der Waals surface area contributed by atoms with Crippen LogP contribution in [0.5, 0.6) is 0 Å². The highest BCUT2D eigenvalue weighted by molar-refractivity contribution is 7.92. The highest BCUT2D eigenvalue weighted by Crippen LogP contribution is 2.39. The highest BCUT2D eigenvalue weighted by Gasteiger charge is 2.36. The van der Waals surface area contributed by atoms with Crippen LogP contribution in [0.15, 0.2) is 46.7 Å². The maximum absolute atomic E-state index is 14.2. The highest BCUT2D eigenvalue weighted by atomic mass is 35.5. The zero-order valence-corrected chi connectivity index (χ0v) is 25.2. The number of rotatable bonds is 8. The SMILES string of the molecule is CC(C)c1cc(C(C)C)c(S(=O)(=O)C2CCN(c3nc(Cc4ccc(Cl)cc4)cs3)CC2)c(C(C)C)c1. The molecular formula is C30H39ClN2O2S2. The van der Waals surface area contributed by atoms with Crippen LogP contribution >= 0.6 is 22.9 Å². The van der Waals surface area contributed by atoms with E-state index in [-0.39, 0.29) is 17.1 Å². The van der Waals surface area contributed by atoms with Gasteiger partial charge in [-0.25, -0.2) is 13.4 Å². The summed E-state index contributed by atoms with van der Waals surface area (Å²) < 4.78 is 28.3. The van der Waals surface area contributed by atoms with Crippen LogP contribution in [0, 0.1) is 0 Å². The van der Waals surface area contributed by atoms with Crippen molar-refractivity contribution in [2.45, 2.75) is 88.7 Å². The third-order valence-corrected chi connectivity index (χ3v) is 10.9. The van der Waals surface area contributed by atoms with Gasteiger partial charge in [-0.05, 0) is 65.0 Å². The van der Waals surface area contributed by atoms with Gasteiger partial charge in [-0.3, -0.25) is 0 Å². The summed E-state index contributed by atoms with van der Waals surface area (Å²) in [7, 11) is -3.45. The van der Waals surface area contributed by atoms with Crippen LogP contribution in [-0.4, -0.2) is 31.7 Å². The Morgan fingerprint density at radius 2 is 1.51 bits per heavy atom. The van der Waals surface area contributed by atoms with Crippen LogP contribution in [0.4, 0.5) is 5.13 Å². The molecule has 7 heteroatoms. The number of halogens is 1. The van der Waals surface area contributed by atoms with Crippen LogP contribution in [0.25, 0.3) is 0 Å². The summed E-state index contributed by atoms with van der Waals surface area (Å²) in [6.07, 6.45) is 2.01. The molecule has 200 valence electrons. The molecule has 2 aromatic carbocycles. The number of nitrogens with zero attached hydrogens (tertiary/aromatic N) is 2. The smallest absolute Gasteiger partial charge is 0.185 e. The molecule has 0 atom stereocenters. The van der Waals surface area contributed by atoms with Crippen LogP contribution in [0.3, 0.4) is 0 Å². The van der Waals surface area contributed by atoms with Crippen LogP contribution in [0.1, 0.15) is 100 Å². The Morgan fingerprint density at radius 1 is 0.946 bits per heavy atom. The molecule has 1 saturated heterocycles. The van der Waals surface area contributed by atoms with Gasteiger partial charge < -0.3 is 4.90 Å². The van der Waals surface area contributed by atoms with Crippen molar-refractivity contribution in [1.82, 2.24) is 4.98 Å². The molecule has 0 aliphatic carbocycles. The van der Waals surface area contributed by atoms with E-state index in [2.05, 4.69) is 64.0 Å². The first-order valence-corrected chi connectivity index (χ1v) is 16.1. The molecule has 4 rings (SSSR count). The molecule has 0 spiro atoms. The Hall–Kier alpha value is -1.89. The van der Waals surface area contributed by atoms with Gasteiger partial charge in [-0.2, -0.15) is 0 Å². The van der Waals surface area contributed by atoms with Gasteiger partial charge in [-0.15, -0.1) is 11.3 Å². The van der Waals surface area contributed by atoms with Crippen LogP contribution in [-0.2, 0) is 16.3 Å². The Labute approximate surface area is 232 Å². The van der Waals surface area contributed by atoms with Crippen LogP contribution in [0.2, 0.25) is 5.02 Å². The molecule has 0 amide bonds. The van der Waals surface area contributed by atoms with Gasteiger partial charge in [0.25, 0.3) is 0 Å². The van der Waals surface area contributed by atoms with E-state index < -0.39 is 9.84 Å². The summed E-state index contributed by atoms with van der Waals surface area (Å²) in [5, 5.41) is 3.45. The number of hydrogen-bond acceptors (Lipinski definition) is 5. The van der Waals surface area contributed by atoms with E-state index in [0.717, 1.165) is 33.4 Å². The van der Waals surface area contributed by atoms with Crippen LogP contribution < -0.4 is 4.90 Å². The van der Waals surface area contributed by atoms with E-state index in [1.54, 1.807) is 11.3 Å². The first kappa shape index (κ1) is 28.1. The fourth-order valence-corrected chi connectivity index (χ4v) is 8.49. The summed E-state index contributed by atoms with van der Waals surface area (Å²) in [5.74, 6) is 0.656. The molecule has 1 aliphatic rings. The molecular weight excluding hydrogens is 520 g/mol. The van der Waals surface area contributed by atoms with Crippen molar-refractivity contribution in [3.05, 3.63) is 74.7 Å². The van der Waals surface area contributed by atoms with Crippen molar-refractivity contribution in [1.29, 1.82) is 0 Å². The normalized spacial score (nSPS) is 15.4. The molecule has 4 nitrogen and oxygen atoms in total. The zero-order valence-electron chi connectivity index (χ0n) is 22.8. The summed E-state index contributed by atoms with van der Waals surface area (Å²) in [6.45, 7) is 14.2.